The zero-order valence-corrected chi connectivity index (χ0v) is 23.5. The fraction of sp³-hybridized carbons (Fsp3) is 1.00. The molecule has 0 radical (unpaired) electrons. The quantitative estimate of drug-likeness (QED) is 0.0916. The first kappa shape index (κ1) is 34.8. The Balaban J connectivity index is 3.03. The van der Waals surface area contributed by atoms with Gasteiger partial charge in [0.2, 0.25) is 0 Å². The van der Waals surface area contributed by atoms with Gasteiger partial charge in [-0.15, -0.1) is 0 Å². The molecule has 0 unspecified atom stereocenters. The van der Waals surface area contributed by atoms with E-state index in [0.29, 0.717) is 6.42 Å². The molecular formula is C31H61F3O. The SMILES string of the molecule is CCOCCCCCCCCCCCCCCCCCCCCCCCCCCCCC(F)(F)F. The van der Waals surface area contributed by atoms with Gasteiger partial charge >= 0.3 is 6.18 Å². The van der Waals surface area contributed by atoms with Gasteiger partial charge in [0, 0.05) is 19.6 Å². The van der Waals surface area contributed by atoms with Gasteiger partial charge in [0.1, 0.15) is 0 Å². The average molecular weight is 507 g/mol. The van der Waals surface area contributed by atoms with Crippen LogP contribution in [-0.4, -0.2) is 19.4 Å². The third-order valence-electron chi connectivity index (χ3n) is 7.20. The zero-order chi connectivity index (χ0) is 25.7. The molecule has 0 saturated heterocycles. The normalized spacial score (nSPS) is 12.0. The molecule has 0 aliphatic heterocycles. The molecule has 0 heterocycles. The standard InChI is InChI=1S/C31H61F3O/c1-2-35-30-28-26-24-22-20-18-16-14-12-10-8-6-4-3-5-7-9-11-13-15-17-19-21-23-25-27-29-31(32,33)34/h2-30H2,1H3. The maximum absolute atomic E-state index is 12.1. The molecule has 0 aliphatic carbocycles. The molecule has 0 fully saturated rings. The van der Waals surface area contributed by atoms with Crippen molar-refractivity contribution in [1.82, 2.24) is 0 Å². The van der Waals surface area contributed by atoms with Gasteiger partial charge < -0.3 is 4.74 Å². The van der Waals surface area contributed by atoms with Gasteiger partial charge in [-0.05, 0) is 19.8 Å². The number of ether oxygens (including phenoxy) is 1. The van der Waals surface area contributed by atoms with E-state index in [1.54, 1.807) is 0 Å². The topological polar surface area (TPSA) is 9.23 Å². The minimum atomic E-state index is -3.97. The van der Waals surface area contributed by atoms with Crippen molar-refractivity contribution in [1.29, 1.82) is 0 Å². The first-order valence-corrected chi connectivity index (χ1v) is 15.7. The molecule has 4 heteroatoms. The van der Waals surface area contributed by atoms with Crippen LogP contribution in [0.25, 0.3) is 0 Å². The number of alkyl halides is 3. The summed E-state index contributed by atoms with van der Waals surface area (Å²) in [6, 6.07) is 0. The maximum atomic E-state index is 12.1. The van der Waals surface area contributed by atoms with Crippen LogP contribution in [0.15, 0.2) is 0 Å². The first-order chi connectivity index (χ1) is 17.1. The van der Waals surface area contributed by atoms with Crippen LogP contribution in [0.1, 0.15) is 180 Å². The van der Waals surface area contributed by atoms with E-state index in [2.05, 4.69) is 6.92 Å². The lowest BCUT2D eigenvalue weighted by molar-refractivity contribution is -0.135. The van der Waals surface area contributed by atoms with Crippen molar-refractivity contribution in [2.24, 2.45) is 0 Å². The summed E-state index contributed by atoms with van der Waals surface area (Å²) in [5.74, 6) is 0. The zero-order valence-electron chi connectivity index (χ0n) is 23.5. The van der Waals surface area contributed by atoms with Crippen molar-refractivity contribution in [3.8, 4) is 0 Å². The smallest absolute Gasteiger partial charge is 0.382 e. The summed E-state index contributed by atoms with van der Waals surface area (Å²) in [5, 5.41) is 0. The summed E-state index contributed by atoms with van der Waals surface area (Å²) in [4.78, 5) is 0. The molecule has 0 bridgehead atoms. The third-order valence-corrected chi connectivity index (χ3v) is 7.20. The van der Waals surface area contributed by atoms with Crippen LogP contribution < -0.4 is 0 Å². The molecule has 212 valence electrons. The lowest BCUT2D eigenvalue weighted by atomic mass is 10.0. The van der Waals surface area contributed by atoms with Gasteiger partial charge in [-0.2, -0.15) is 13.2 Å². The Kier molecular flexibility index (Phi) is 28.1. The largest absolute Gasteiger partial charge is 0.389 e. The third kappa shape index (κ3) is 33.8. The Morgan fingerprint density at radius 2 is 0.600 bits per heavy atom. The van der Waals surface area contributed by atoms with Crippen LogP contribution in [0.5, 0.6) is 0 Å². The number of rotatable bonds is 29. The van der Waals surface area contributed by atoms with Crippen molar-refractivity contribution in [3.05, 3.63) is 0 Å². The molecule has 0 aromatic heterocycles. The molecule has 0 N–H and O–H groups in total. The number of hydrogen-bond donors (Lipinski definition) is 0. The van der Waals surface area contributed by atoms with Crippen LogP contribution in [0, 0.1) is 0 Å². The Hall–Kier alpha value is -0.250. The van der Waals surface area contributed by atoms with Gasteiger partial charge in [-0.25, -0.2) is 0 Å². The maximum Gasteiger partial charge on any atom is 0.389 e. The second-order valence-electron chi connectivity index (χ2n) is 10.8. The Labute approximate surface area is 217 Å². The van der Waals surface area contributed by atoms with Crippen molar-refractivity contribution in [2.75, 3.05) is 13.2 Å². The fourth-order valence-corrected chi connectivity index (χ4v) is 4.92. The molecule has 0 aromatic rings. The highest BCUT2D eigenvalue weighted by Gasteiger charge is 2.25. The highest BCUT2D eigenvalue weighted by atomic mass is 19.4. The van der Waals surface area contributed by atoms with E-state index in [4.69, 9.17) is 4.74 Å². The fourth-order valence-electron chi connectivity index (χ4n) is 4.92. The molecule has 0 atom stereocenters. The molecule has 35 heavy (non-hydrogen) atoms. The van der Waals surface area contributed by atoms with E-state index in [-0.39, 0.29) is 0 Å². The van der Waals surface area contributed by atoms with Crippen molar-refractivity contribution >= 4 is 0 Å². The molecule has 0 rings (SSSR count). The van der Waals surface area contributed by atoms with Gasteiger partial charge in [0.25, 0.3) is 0 Å². The Bertz CT molecular complexity index is 384. The van der Waals surface area contributed by atoms with Gasteiger partial charge in [-0.1, -0.05) is 154 Å². The van der Waals surface area contributed by atoms with Crippen molar-refractivity contribution in [2.45, 2.75) is 186 Å². The van der Waals surface area contributed by atoms with Gasteiger partial charge in [-0.3, -0.25) is 0 Å². The molecule has 0 amide bonds. The monoisotopic (exact) mass is 506 g/mol. The molecule has 1 nitrogen and oxygen atoms in total. The van der Waals surface area contributed by atoms with Crippen molar-refractivity contribution < 1.29 is 17.9 Å². The van der Waals surface area contributed by atoms with E-state index in [9.17, 15) is 13.2 Å². The summed E-state index contributed by atoms with van der Waals surface area (Å²) in [6.45, 7) is 3.87. The van der Waals surface area contributed by atoms with Gasteiger partial charge in [0.05, 0.1) is 0 Å². The van der Waals surface area contributed by atoms with E-state index in [1.165, 1.54) is 141 Å². The van der Waals surface area contributed by atoms with Crippen LogP contribution in [0.3, 0.4) is 0 Å². The number of unbranched alkanes of at least 4 members (excludes halogenated alkanes) is 25. The Morgan fingerprint density at radius 3 is 0.829 bits per heavy atom. The lowest BCUT2D eigenvalue weighted by Gasteiger charge is -2.06. The van der Waals surface area contributed by atoms with Gasteiger partial charge in [0.15, 0.2) is 0 Å². The van der Waals surface area contributed by atoms with E-state index in [1.807, 2.05) is 0 Å². The van der Waals surface area contributed by atoms with E-state index < -0.39 is 12.6 Å². The molecule has 0 spiro atoms. The minimum absolute atomic E-state index is 0.306. The molecule has 0 aliphatic rings. The Morgan fingerprint density at radius 1 is 0.371 bits per heavy atom. The summed E-state index contributed by atoms with van der Waals surface area (Å²) in [5.41, 5.74) is 0. The lowest BCUT2D eigenvalue weighted by Crippen LogP contribution is -2.06. The predicted molar refractivity (Wildman–Crippen MR) is 147 cm³/mol. The first-order valence-electron chi connectivity index (χ1n) is 15.7. The summed E-state index contributed by atoms with van der Waals surface area (Å²) in [7, 11) is 0. The van der Waals surface area contributed by atoms with E-state index in [0.717, 1.165) is 32.5 Å². The molecule has 0 aromatic carbocycles. The van der Waals surface area contributed by atoms with Crippen LogP contribution in [0.2, 0.25) is 0 Å². The molecular weight excluding hydrogens is 445 g/mol. The highest BCUT2D eigenvalue weighted by Crippen LogP contribution is 2.23. The highest BCUT2D eigenvalue weighted by molar-refractivity contribution is 4.54. The summed E-state index contributed by atoms with van der Waals surface area (Å²) >= 11 is 0. The average Bonchev–Trinajstić information content (AvgIpc) is 2.82. The van der Waals surface area contributed by atoms with Crippen LogP contribution in [0.4, 0.5) is 13.2 Å². The van der Waals surface area contributed by atoms with Crippen LogP contribution >= 0.6 is 0 Å². The molecule has 0 saturated carbocycles. The summed E-state index contributed by atoms with van der Waals surface area (Å²) in [6.07, 6.45) is 28.8. The second-order valence-corrected chi connectivity index (χ2v) is 10.8. The second kappa shape index (κ2) is 28.3. The predicted octanol–water partition coefficient (Wildman–Crippen LogP) is 12.1. The summed E-state index contributed by atoms with van der Waals surface area (Å²) < 4.78 is 41.6. The van der Waals surface area contributed by atoms with E-state index >= 15 is 0 Å². The minimum Gasteiger partial charge on any atom is -0.382 e. The van der Waals surface area contributed by atoms with Crippen LogP contribution in [-0.2, 0) is 4.74 Å². The number of halogens is 3. The van der Waals surface area contributed by atoms with Crippen molar-refractivity contribution in [3.63, 3.8) is 0 Å². The number of hydrogen-bond acceptors (Lipinski definition) is 1.